The molecule has 3 heterocycles. The average molecular weight is 480 g/mol. The molecule has 2 aliphatic heterocycles. The second kappa shape index (κ2) is 9.08. The van der Waals surface area contributed by atoms with Crippen molar-refractivity contribution >= 4 is 38.9 Å². The van der Waals surface area contributed by atoms with Crippen LogP contribution in [0.1, 0.15) is 6.42 Å². The van der Waals surface area contributed by atoms with Gasteiger partial charge in [-0.05, 0) is 23.6 Å². The normalized spacial score (nSPS) is 19.9. The van der Waals surface area contributed by atoms with Crippen molar-refractivity contribution in [1.29, 1.82) is 0 Å². The monoisotopic (exact) mass is 479 g/mol. The molecule has 172 valence electrons. The van der Waals surface area contributed by atoms with E-state index < -0.39 is 15.9 Å². The Morgan fingerprint density at radius 3 is 2.47 bits per heavy atom. The fourth-order valence-corrected chi connectivity index (χ4v) is 6.63. The first-order chi connectivity index (χ1) is 15.3. The van der Waals surface area contributed by atoms with Gasteiger partial charge < -0.3 is 19.3 Å². The molecule has 1 atom stereocenters. The fraction of sp³-hybridized carbons (Fsp3) is 0.429. The standard InChI is InChI=1S/C21H25N3O6S2/c1-29-16-5-6-17(18(13-16)30-2)24-14-15(12-19(24)25)21(26)22-7-9-23(10-8-22)32(27,28)20-4-3-11-31-20/h3-6,11,13,15H,7-10,12,14H2,1-2H3/t15-/m0/s1. The number of anilines is 1. The number of carbonyl (C=O) groups is 2. The third kappa shape index (κ3) is 4.19. The van der Waals surface area contributed by atoms with Crippen LogP contribution >= 0.6 is 11.3 Å². The summed E-state index contributed by atoms with van der Waals surface area (Å²) >= 11 is 1.18. The first-order valence-corrected chi connectivity index (χ1v) is 12.5. The Morgan fingerprint density at radius 2 is 1.84 bits per heavy atom. The van der Waals surface area contributed by atoms with E-state index >= 15 is 0 Å². The van der Waals surface area contributed by atoms with Crippen LogP contribution < -0.4 is 14.4 Å². The molecule has 0 N–H and O–H groups in total. The van der Waals surface area contributed by atoms with Crippen LogP contribution in [0.5, 0.6) is 11.5 Å². The van der Waals surface area contributed by atoms with E-state index in [1.807, 2.05) is 0 Å². The summed E-state index contributed by atoms with van der Waals surface area (Å²) in [5, 5.41) is 1.73. The van der Waals surface area contributed by atoms with Gasteiger partial charge in [0.05, 0.1) is 25.8 Å². The Balaban J connectivity index is 1.41. The van der Waals surface area contributed by atoms with Gasteiger partial charge in [-0.3, -0.25) is 9.59 Å². The second-order valence-electron chi connectivity index (χ2n) is 7.60. The number of hydrogen-bond acceptors (Lipinski definition) is 7. The lowest BCUT2D eigenvalue weighted by Gasteiger charge is -2.35. The first kappa shape index (κ1) is 22.6. The molecule has 2 fully saturated rings. The van der Waals surface area contributed by atoms with Gasteiger partial charge in [-0.1, -0.05) is 6.07 Å². The average Bonchev–Trinajstić information content (AvgIpc) is 3.49. The van der Waals surface area contributed by atoms with Crippen LogP contribution in [0.25, 0.3) is 0 Å². The van der Waals surface area contributed by atoms with E-state index in [0.29, 0.717) is 34.5 Å². The van der Waals surface area contributed by atoms with Gasteiger partial charge in [-0.25, -0.2) is 8.42 Å². The number of hydrogen-bond donors (Lipinski definition) is 0. The highest BCUT2D eigenvalue weighted by molar-refractivity contribution is 7.91. The first-order valence-electron chi connectivity index (χ1n) is 10.2. The van der Waals surface area contributed by atoms with E-state index in [-0.39, 0.29) is 37.9 Å². The minimum atomic E-state index is -3.53. The Hall–Kier alpha value is -2.63. The van der Waals surface area contributed by atoms with Gasteiger partial charge in [0, 0.05) is 45.2 Å². The van der Waals surface area contributed by atoms with Gasteiger partial charge >= 0.3 is 0 Å². The molecule has 2 amide bonds. The Labute approximate surface area is 191 Å². The van der Waals surface area contributed by atoms with E-state index in [9.17, 15) is 18.0 Å². The van der Waals surface area contributed by atoms with E-state index in [1.165, 1.54) is 22.8 Å². The van der Waals surface area contributed by atoms with Crippen molar-refractivity contribution in [1.82, 2.24) is 9.21 Å². The minimum absolute atomic E-state index is 0.113. The summed E-state index contributed by atoms with van der Waals surface area (Å²) in [4.78, 5) is 29.0. The summed E-state index contributed by atoms with van der Waals surface area (Å²) in [6, 6.07) is 8.48. The molecule has 32 heavy (non-hydrogen) atoms. The maximum atomic E-state index is 13.1. The molecular weight excluding hydrogens is 454 g/mol. The van der Waals surface area contributed by atoms with Crippen LogP contribution in [0, 0.1) is 5.92 Å². The van der Waals surface area contributed by atoms with Gasteiger partial charge in [0.1, 0.15) is 15.7 Å². The SMILES string of the molecule is COc1ccc(N2C[C@@H](C(=O)N3CCN(S(=O)(=O)c4cccs4)CC3)CC2=O)c(OC)c1. The second-order valence-corrected chi connectivity index (χ2v) is 10.7. The summed E-state index contributed by atoms with van der Waals surface area (Å²) in [6.07, 6.45) is 0.113. The van der Waals surface area contributed by atoms with Crippen molar-refractivity contribution in [3.63, 3.8) is 0 Å². The molecule has 2 aromatic rings. The number of ether oxygens (including phenoxy) is 2. The van der Waals surface area contributed by atoms with E-state index in [2.05, 4.69) is 0 Å². The van der Waals surface area contributed by atoms with Gasteiger partial charge in [-0.15, -0.1) is 11.3 Å². The highest BCUT2D eigenvalue weighted by Gasteiger charge is 2.40. The molecule has 0 radical (unpaired) electrons. The van der Waals surface area contributed by atoms with Crippen molar-refractivity contribution in [2.24, 2.45) is 5.92 Å². The predicted molar refractivity (Wildman–Crippen MR) is 120 cm³/mol. The van der Waals surface area contributed by atoms with Crippen LogP contribution in [-0.2, 0) is 19.6 Å². The van der Waals surface area contributed by atoms with E-state index in [4.69, 9.17) is 9.47 Å². The number of amides is 2. The summed E-state index contributed by atoms with van der Waals surface area (Å²) in [7, 11) is -0.456. The lowest BCUT2D eigenvalue weighted by molar-refractivity contribution is -0.136. The van der Waals surface area contributed by atoms with Crippen molar-refractivity contribution in [2.75, 3.05) is 51.8 Å². The van der Waals surface area contributed by atoms with Crippen molar-refractivity contribution in [2.45, 2.75) is 10.6 Å². The molecule has 2 aliphatic rings. The summed E-state index contributed by atoms with van der Waals surface area (Å²) in [5.74, 6) is 0.362. The Morgan fingerprint density at radius 1 is 1.09 bits per heavy atom. The number of methoxy groups -OCH3 is 2. The lowest BCUT2D eigenvalue weighted by Crippen LogP contribution is -2.52. The van der Waals surface area contributed by atoms with E-state index in [0.717, 1.165) is 0 Å². The van der Waals surface area contributed by atoms with Crippen LogP contribution in [0.15, 0.2) is 39.9 Å². The highest BCUT2D eigenvalue weighted by atomic mass is 32.2. The third-order valence-electron chi connectivity index (χ3n) is 5.79. The van der Waals surface area contributed by atoms with Gasteiger partial charge in [0.15, 0.2) is 0 Å². The van der Waals surface area contributed by atoms with Crippen molar-refractivity contribution < 1.29 is 27.5 Å². The maximum absolute atomic E-state index is 13.1. The highest BCUT2D eigenvalue weighted by Crippen LogP contribution is 2.36. The number of benzene rings is 1. The minimum Gasteiger partial charge on any atom is -0.497 e. The summed E-state index contributed by atoms with van der Waals surface area (Å²) in [5.41, 5.74) is 0.598. The molecule has 0 unspecified atom stereocenters. The molecule has 2 saturated heterocycles. The molecular formula is C21H25N3O6S2. The van der Waals surface area contributed by atoms with Gasteiger partial charge in [0.25, 0.3) is 10.0 Å². The third-order valence-corrected chi connectivity index (χ3v) is 9.06. The molecule has 11 heteroatoms. The smallest absolute Gasteiger partial charge is 0.252 e. The van der Waals surface area contributed by atoms with E-state index in [1.54, 1.807) is 52.6 Å². The lowest BCUT2D eigenvalue weighted by atomic mass is 10.1. The van der Waals surface area contributed by atoms with Crippen molar-refractivity contribution in [3.8, 4) is 11.5 Å². The maximum Gasteiger partial charge on any atom is 0.252 e. The molecule has 1 aromatic heterocycles. The van der Waals surface area contributed by atoms with Crippen LogP contribution in [0.2, 0.25) is 0 Å². The van der Waals surface area contributed by atoms with Crippen LogP contribution in [-0.4, -0.2) is 76.4 Å². The quantitative estimate of drug-likeness (QED) is 0.625. The summed E-state index contributed by atoms with van der Waals surface area (Å²) in [6.45, 7) is 1.35. The Bertz CT molecular complexity index is 1090. The molecule has 1 aromatic carbocycles. The predicted octanol–water partition coefficient (Wildman–Crippen LogP) is 1.65. The molecule has 9 nitrogen and oxygen atoms in total. The summed E-state index contributed by atoms with van der Waals surface area (Å²) < 4.78 is 37.7. The number of thiophene rings is 1. The molecule has 0 spiro atoms. The Kier molecular flexibility index (Phi) is 6.40. The van der Waals surface area contributed by atoms with Crippen LogP contribution in [0.4, 0.5) is 5.69 Å². The topological polar surface area (TPSA) is 96.5 Å². The number of rotatable bonds is 6. The largest absolute Gasteiger partial charge is 0.497 e. The number of sulfonamides is 1. The van der Waals surface area contributed by atoms with Gasteiger partial charge in [-0.2, -0.15) is 4.31 Å². The molecule has 0 bridgehead atoms. The zero-order chi connectivity index (χ0) is 22.9. The number of nitrogens with zero attached hydrogens (tertiary/aromatic N) is 3. The van der Waals surface area contributed by atoms with Crippen LogP contribution in [0.3, 0.4) is 0 Å². The fourth-order valence-electron chi connectivity index (χ4n) is 4.06. The van der Waals surface area contributed by atoms with Gasteiger partial charge in [0.2, 0.25) is 11.8 Å². The molecule has 0 saturated carbocycles. The zero-order valence-corrected chi connectivity index (χ0v) is 19.5. The van der Waals surface area contributed by atoms with Crippen molar-refractivity contribution in [3.05, 3.63) is 35.7 Å². The number of piperazine rings is 1. The molecule has 0 aliphatic carbocycles. The zero-order valence-electron chi connectivity index (χ0n) is 17.9. The number of carbonyl (C=O) groups excluding carboxylic acids is 2. The molecule has 4 rings (SSSR count).